The molecule has 1 aliphatic rings. The molecule has 25 heavy (non-hydrogen) atoms. The molecule has 1 fully saturated rings. The minimum Gasteiger partial charge on any atom is -0.351 e. The normalized spacial score (nSPS) is 17.4. The molecule has 1 N–H and O–H groups in total. The average Bonchev–Trinajstić information content (AvgIpc) is 3.18. The van der Waals surface area contributed by atoms with Crippen LogP contribution < -0.4 is 10.2 Å². The summed E-state index contributed by atoms with van der Waals surface area (Å²) in [6, 6.07) is 12.1. The van der Waals surface area contributed by atoms with Crippen LogP contribution >= 0.6 is 11.3 Å². The van der Waals surface area contributed by atoms with Gasteiger partial charge in [-0.05, 0) is 42.7 Å². The highest BCUT2D eigenvalue weighted by molar-refractivity contribution is 7.11. The number of anilines is 1. The van der Waals surface area contributed by atoms with E-state index in [0.717, 1.165) is 10.6 Å². The summed E-state index contributed by atoms with van der Waals surface area (Å²) < 4.78 is 0. The van der Waals surface area contributed by atoms with Gasteiger partial charge in [0.1, 0.15) is 0 Å². The predicted octanol–water partition coefficient (Wildman–Crippen LogP) is 3.85. The summed E-state index contributed by atoms with van der Waals surface area (Å²) in [7, 11) is 0. The lowest BCUT2D eigenvalue weighted by atomic mass is 10.0. The molecule has 5 heteroatoms. The maximum Gasteiger partial charge on any atom is 0.227 e. The summed E-state index contributed by atoms with van der Waals surface area (Å²) in [5, 5.41) is 2.97. The van der Waals surface area contributed by atoms with Gasteiger partial charge in [-0.2, -0.15) is 0 Å². The molecule has 0 saturated carbocycles. The first kappa shape index (κ1) is 17.7. The van der Waals surface area contributed by atoms with Crippen LogP contribution in [-0.2, 0) is 16.1 Å². The Kier molecular flexibility index (Phi) is 5.23. The third-order valence-electron chi connectivity index (χ3n) is 4.58. The Morgan fingerprint density at radius 2 is 2.12 bits per heavy atom. The lowest BCUT2D eigenvalue weighted by molar-refractivity contribution is -0.126. The van der Waals surface area contributed by atoms with E-state index in [2.05, 4.69) is 44.3 Å². The number of aryl methyl sites for hydroxylation is 1. The number of nitrogens with one attached hydrogen (secondary N) is 1. The molecule has 0 spiro atoms. The Morgan fingerprint density at radius 3 is 2.80 bits per heavy atom. The summed E-state index contributed by atoms with van der Waals surface area (Å²) in [4.78, 5) is 28.9. The number of carbonyl (C=O) groups is 2. The van der Waals surface area contributed by atoms with Crippen LogP contribution in [0.4, 0.5) is 5.69 Å². The number of hydrogen-bond acceptors (Lipinski definition) is 3. The van der Waals surface area contributed by atoms with Gasteiger partial charge in [-0.3, -0.25) is 9.59 Å². The minimum absolute atomic E-state index is 0.0213. The molecule has 3 rings (SSSR count). The molecule has 2 heterocycles. The molecular formula is C20H24N2O2S. The van der Waals surface area contributed by atoms with Crippen LogP contribution in [0.2, 0.25) is 0 Å². The molecule has 1 unspecified atom stereocenters. The lowest BCUT2D eigenvalue weighted by Crippen LogP contribution is -2.32. The van der Waals surface area contributed by atoms with Crippen LogP contribution in [0.3, 0.4) is 0 Å². The van der Waals surface area contributed by atoms with Gasteiger partial charge in [-0.1, -0.05) is 26.0 Å². The summed E-state index contributed by atoms with van der Waals surface area (Å²) in [6.45, 7) is 7.30. The monoisotopic (exact) mass is 356 g/mol. The van der Waals surface area contributed by atoms with Crippen molar-refractivity contribution in [1.29, 1.82) is 0 Å². The lowest BCUT2D eigenvalue weighted by Gasteiger charge is -2.18. The number of benzene rings is 1. The van der Waals surface area contributed by atoms with Crippen LogP contribution in [0.25, 0.3) is 0 Å². The number of rotatable bonds is 5. The molecule has 1 aromatic heterocycles. The third kappa shape index (κ3) is 4.10. The summed E-state index contributed by atoms with van der Waals surface area (Å²) in [5.74, 6) is 0.109. The van der Waals surface area contributed by atoms with E-state index in [4.69, 9.17) is 0 Å². The average molecular weight is 356 g/mol. The van der Waals surface area contributed by atoms with Crippen LogP contribution in [0.1, 0.15) is 41.5 Å². The van der Waals surface area contributed by atoms with E-state index in [1.165, 1.54) is 10.4 Å². The van der Waals surface area contributed by atoms with Gasteiger partial charge in [0, 0.05) is 28.4 Å². The fourth-order valence-electron chi connectivity index (χ4n) is 3.08. The van der Waals surface area contributed by atoms with Crippen LogP contribution in [0.5, 0.6) is 0 Å². The first-order chi connectivity index (χ1) is 11.9. The number of carbonyl (C=O) groups excluding carboxylic acids is 2. The molecule has 2 amide bonds. The largest absolute Gasteiger partial charge is 0.351 e. The van der Waals surface area contributed by atoms with Gasteiger partial charge in [0.2, 0.25) is 11.8 Å². The Hall–Kier alpha value is -2.14. The van der Waals surface area contributed by atoms with E-state index in [1.54, 1.807) is 16.2 Å². The first-order valence-electron chi connectivity index (χ1n) is 8.67. The fraction of sp³-hybridized carbons (Fsp3) is 0.400. The van der Waals surface area contributed by atoms with Crippen LogP contribution in [-0.4, -0.2) is 18.4 Å². The number of amides is 2. The molecule has 132 valence electrons. The Labute approximate surface area is 152 Å². The molecule has 0 aliphatic carbocycles. The number of nitrogens with zero attached hydrogens (tertiary/aromatic N) is 1. The van der Waals surface area contributed by atoms with Gasteiger partial charge >= 0.3 is 0 Å². The van der Waals surface area contributed by atoms with E-state index >= 15 is 0 Å². The number of thiophene rings is 1. The van der Waals surface area contributed by atoms with Crippen molar-refractivity contribution < 1.29 is 9.59 Å². The second-order valence-electron chi connectivity index (χ2n) is 6.89. The topological polar surface area (TPSA) is 49.4 Å². The minimum atomic E-state index is -0.281. The zero-order valence-corrected chi connectivity index (χ0v) is 15.7. The fourth-order valence-corrected chi connectivity index (χ4v) is 3.91. The van der Waals surface area contributed by atoms with E-state index in [0.29, 0.717) is 19.0 Å². The first-order valence-corrected chi connectivity index (χ1v) is 9.49. The van der Waals surface area contributed by atoms with E-state index in [9.17, 15) is 9.59 Å². The highest BCUT2D eigenvalue weighted by Gasteiger charge is 2.35. The quantitative estimate of drug-likeness (QED) is 0.885. The van der Waals surface area contributed by atoms with Crippen molar-refractivity contribution in [2.24, 2.45) is 5.92 Å². The van der Waals surface area contributed by atoms with Crippen molar-refractivity contribution in [2.75, 3.05) is 11.4 Å². The predicted molar refractivity (Wildman–Crippen MR) is 102 cm³/mol. The maximum atomic E-state index is 12.4. The van der Waals surface area contributed by atoms with Gasteiger partial charge in [0.15, 0.2) is 0 Å². The third-order valence-corrected chi connectivity index (χ3v) is 5.58. The molecule has 1 atom stereocenters. The molecule has 2 aromatic rings. The van der Waals surface area contributed by atoms with Crippen molar-refractivity contribution in [3.63, 3.8) is 0 Å². The Morgan fingerprint density at radius 1 is 1.32 bits per heavy atom. The van der Waals surface area contributed by atoms with Crippen molar-refractivity contribution in [2.45, 2.75) is 39.7 Å². The highest BCUT2D eigenvalue weighted by Crippen LogP contribution is 2.28. The van der Waals surface area contributed by atoms with Gasteiger partial charge in [0.05, 0.1) is 12.5 Å². The van der Waals surface area contributed by atoms with E-state index in [1.807, 2.05) is 18.2 Å². The van der Waals surface area contributed by atoms with Crippen LogP contribution in [0, 0.1) is 12.8 Å². The van der Waals surface area contributed by atoms with Crippen molar-refractivity contribution in [3.05, 3.63) is 51.7 Å². The molecule has 1 saturated heterocycles. The zero-order valence-electron chi connectivity index (χ0n) is 14.9. The molecule has 0 radical (unpaired) electrons. The van der Waals surface area contributed by atoms with E-state index < -0.39 is 0 Å². The molecule has 1 aromatic carbocycles. The summed E-state index contributed by atoms with van der Waals surface area (Å²) >= 11 is 1.68. The second kappa shape index (κ2) is 7.40. The van der Waals surface area contributed by atoms with Crippen LogP contribution in [0.15, 0.2) is 36.4 Å². The molecule has 1 aliphatic heterocycles. The SMILES string of the molecule is Cc1ccc(CNC(=O)C2CC(=O)N(c3cccc(C(C)C)c3)C2)s1. The van der Waals surface area contributed by atoms with Gasteiger partial charge in [0.25, 0.3) is 0 Å². The molecular weight excluding hydrogens is 332 g/mol. The Bertz CT molecular complexity index is 782. The second-order valence-corrected chi connectivity index (χ2v) is 8.26. The van der Waals surface area contributed by atoms with Gasteiger partial charge < -0.3 is 10.2 Å². The number of hydrogen-bond donors (Lipinski definition) is 1. The summed E-state index contributed by atoms with van der Waals surface area (Å²) in [5.41, 5.74) is 2.09. The Balaban J connectivity index is 1.63. The van der Waals surface area contributed by atoms with Crippen molar-refractivity contribution in [1.82, 2.24) is 5.32 Å². The maximum absolute atomic E-state index is 12.4. The zero-order chi connectivity index (χ0) is 18.0. The summed E-state index contributed by atoms with van der Waals surface area (Å²) in [6.07, 6.45) is 0.279. The van der Waals surface area contributed by atoms with Gasteiger partial charge in [-0.15, -0.1) is 11.3 Å². The standard InChI is InChI=1S/C20H24N2O2S/c1-13(2)15-5-4-6-17(9-15)22-12-16(10-19(22)23)20(24)21-11-18-8-7-14(3)25-18/h4-9,13,16H,10-12H2,1-3H3,(H,21,24). The smallest absolute Gasteiger partial charge is 0.227 e. The van der Waals surface area contributed by atoms with Gasteiger partial charge in [-0.25, -0.2) is 0 Å². The van der Waals surface area contributed by atoms with E-state index in [-0.39, 0.29) is 24.2 Å². The van der Waals surface area contributed by atoms with Crippen molar-refractivity contribution >= 4 is 28.8 Å². The highest BCUT2D eigenvalue weighted by atomic mass is 32.1. The molecule has 4 nitrogen and oxygen atoms in total. The molecule has 0 bridgehead atoms. The van der Waals surface area contributed by atoms with Crippen molar-refractivity contribution in [3.8, 4) is 0 Å².